The molecule has 0 spiro atoms. The van der Waals surface area contributed by atoms with Crippen LogP contribution in [0, 0.1) is 5.82 Å². The van der Waals surface area contributed by atoms with Crippen LogP contribution in [0.25, 0.3) is 0 Å². The molecule has 0 saturated carbocycles. The van der Waals surface area contributed by atoms with Gasteiger partial charge in [-0.3, -0.25) is 14.5 Å². The van der Waals surface area contributed by atoms with Gasteiger partial charge in [0.15, 0.2) is 0 Å². The van der Waals surface area contributed by atoms with Crippen molar-refractivity contribution in [3.8, 4) is 0 Å². The molecular formula is C11H10FNO2. The number of halogens is 1. The fraction of sp³-hybridized carbons (Fsp3) is 0.273. The maximum atomic E-state index is 12.9. The van der Waals surface area contributed by atoms with Gasteiger partial charge in [0.1, 0.15) is 5.82 Å². The van der Waals surface area contributed by atoms with Crippen molar-refractivity contribution < 1.29 is 14.0 Å². The number of likely N-dealkylation sites (tertiary alicyclic amines) is 1. The molecule has 0 aliphatic carbocycles. The highest BCUT2D eigenvalue weighted by atomic mass is 19.1. The van der Waals surface area contributed by atoms with E-state index in [0.29, 0.717) is 19.4 Å². The first kappa shape index (κ1) is 9.83. The number of carbonyl (C=O) groups excluding carboxylic acids is 2. The second-order valence-corrected chi connectivity index (χ2v) is 3.46. The van der Waals surface area contributed by atoms with Gasteiger partial charge in [0.2, 0.25) is 5.91 Å². The van der Waals surface area contributed by atoms with Crippen molar-refractivity contribution in [3.05, 3.63) is 35.6 Å². The van der Waals surface area contributed by atoms with E-state index in [4.69, 9.17) is 0 Å². The Morgan fingerprint density at radius 1 is 1.40 bits per heavy atom. The minimum absolute atomic E-state index is 0.177. The summed E-state index contributed by atoms with van der Waals surface area (Å²) in [5, 5.41) is 0. The molecular weight excluding hydrogens is 197 g/mol. The van der Waals surface area contributed by atoms with E-state index in [0.717, 1.165) is 6.07 Å². The van der Waals surface area contributed by atoms with Gasteiger partial charge in [0.05, 0.1) is 0 Å². The maximum absolute atomic E-state index is 12.9. The third kappa shape index (κ3) is 1.88. The van der Waals surface area contributed by atoms with E-state index < -0.39 is 11.7 Å². The van der Waals surface area contributed by atoms with Gasteiger partial charge < -0.3 is 0 Å². The molecule has 78 valence electrons. The topological polar surface area (TPSA) is 37.4 Å². The molecule has 1 aromatic rings. The first-order valence-corrected chi connectivity index (χ1v) is 4.79. The average Bonchev–Trinajstić information content (AvgIpc) is 2.63. The predicted molar refractivity (Wildman–Crippen MR) is 51.7 cm³/mol. The van der Waals surface area contributed by atoms with E-state index in [2.05, 4.69) is 0 Å². The third-order valence-electron chi connectivity index (χ3n) is 2.39. The smallest absolute Gasteiger partial charge is 0.260 e. The molecule has 0 N–H and O–H groups in total. The van der Waals surface area contributed by atoms with Crippen molar-refractivity contribution >= 4 is 11.8 Å². The molecule has 0 bridgehead atoms. The molecule has 1 aromatic carbocycles. The van der Waals surface area contributed by atoms with Crippen molar-refractivity contribution in [1.82, 2.24) is 4.90 Å². The van der Waals surface area contributed by atoms with Crippen LogP contribution in [-0.2, 0) is 4.79 Å². The highest BCUT2D eigenvalue weighted by molar-refractivity contribution is 6.05. The lowest BCUT2D eigenvalue weighted by atomic mass is 10.2. The van der Waals surface area contributed by atoms with Gasteiger partial charge in [-0.2, -0.15) is 0 Å². The van der Waals surface area contributed by atoms with Gasteiger partial charge in [-0.05, 0) is 24.6 Å². The van der Waals surface area contributed by atoms with Crippen LogP contribution < -0.4 is 0 Å². The van der Waals surface area contributed by atoms with Crippen molar-refractivity contribution in [2.45, 2.75) is 12.8 Å². The Morgan fingerprint density at radius 2 is 2.20 bits per heavy atom. The Labute approximate surface area is 86.5 Å². The van der Waals surface area contributed by atoms with Gasteiger partial charge in [0, 0.05) is 18.5 Å². The highest BCUT2D eigenvalue weighted by Crippen LogP contribution is 2.14. The SMILES string of the molecule is O=C1CCCN1C(=O)c1cccc(F)c1. The van der Waals surface area contributed by atoms with Crippen molar-refractivity contribution in [1.29, 1.82) is 0 Å². The zero-order valence-electron chi connectivity index (χ0n) is 8.07. The quantitative estimate of drug-likeness (QED) is 0.656. The largest absolute Gasteiger partial charge is 0.279 e. The first-order chi connectivity index (χ1) is 7.18. The Balaban J connectivity index is 2.24. The molecule has 1 aliphatic heterocycles. The van der Waals surface area contributed by atoms with Crippen LogP contribution in [0.2, 0.25) is 0 Å². The molecule has 1 saturated heterocycles. The Kier molecular flexibility index (Phi) is 2.49. The molecule has 15 heavy (non-hydrogen) atoms. The van der Waals surface area contributed by atoms with Crippen molar-refractivity contribution in [2.24, 2.45) is 0 Å². The van der Waals surface area contributed by atoms with E-state index in [1.54, 1.807) is 0 Å². The number of nitrogens with zero attached hydrogens (tertiary/aromatic N) is 1. The van der Waals surface area contributed by atoms with Crippen LogP contribution in [-0.4, -0.2) is 23.3 Å². The lowest BCUT2D eigenvalue weighted by Gasteiger charge is -2.13. The molecule has 0 atom stereocenters. The average molecular weight is 207 g/mol. The Bertz CT molecular complexity index is 417. The van der Waals surface area contributed by atoms with Gasteiger partial charge in [-0.25, -0.2) is 4.39 Å². The lowest BCUT2D eigenvalue weighted by molar-refractivity contribution is -0.125. The zero-order chi connectivity index (χ0) is 10.8. The molecule has 1 fully saturated rings. The second-order valence-electron chi connectivity index (χ2n) is 3.46. The normalized spacial score (nSPS) is 15.8. The molecule has 3 nitrogen and oxygen atoms in total. The minimum Gasteiger partial charge on any atom is -0.279 e. The lowest BCUT2D eigenvalue weighted by Crippen LogP contribution is -2.31. The number of hydrogen-bond donors (Lipinski definition) is 0. The summed E-state index contributed by atoms with van der Waals surface area (Å²) in [6, 6.07) is 5.39. The molecule has 1 aliphatic rings. The number of imide groups is 1. The van der Waals surface area contributed by atoms with Crippen LogP contribution in [0.4, 0.5) is 4.39 Å². The first-order valence-electron chi connectivity index (χ1n) is 4.79. The Hall–Kier alpha value is -1.71. The van der Waals surface area contributed by atoms with E-state index in [9.17, 15) is 14.0 Å². The molecule has 0 radical (unpaired) electrons. The molecule has 0 unspecified atom stereocenters. The fourth-order valence-electron chi connectivity index (χ4n) is 1.64. The number of benzene rings is 1. The van der Waals surface area contributed by atoms with E-state index >= 15 is 0 Å². The highest BCUT2D eigenvalue weighted by Gasteiger charge is 2.27. The van der Waals surface area contributed by atoms with Crippen molar-refractivity contribution in [2.75, 3.05) is 6.54 Å². The summed E-state index contributed by atoms with van der Waals surface area (Å²) < 4.78 is 12.9. The van der Waals surface area contributed by atoms with E-state index in [1.165, 1.54) is 23.1 Å². The summed E-state index contributed by atoms with van der Waals surface area (Å²) in [6.45, 7) is 0.439. The van der Waals surface area contributed by atoms with Crippen molar-refractivity contribution in [3.63, 3.8) is 0 Å². The van der Waals surface area contributed by atoms with Crippen LogP contribution >= 0.6 is 0 Å². The fourth-order valence-corrected chi connectivity index (χ4v) is 1.64. The predicted octanol–water partition coefficient (Wildman–Crippen LogP) is 1.59. The van der Waals surface area contributed by atoms with Gasteiger partial charge in [0.25, 0.3) is 5.91 Å². The second kappa shape index (κ2) is 3.81. The van der Waals surface area contributed by atoms with Gasteiger partial charge >= 0.3 is 0 Å². The number of carbonyl (C=O) groups is 2. The number of amides is 2. The van der Waals surface area contributed by atoms with Gasteiger partial charge in [-0.15, -0.1) is 0 Å². The maximum Gasteiger partial charge on any atom is 0.260 e. The van der Waals surface area contributed by atoms with Crippen LogP contribution in [0.5, 0.6) is 0 Å². The van der Waals surface area contributed by atoms with Crippen LogP contribution in [0.3, 0.4) is 0 Å². The van der Waals surface area contributed by atoms with Crippen LogP contribution in [0.15, 0.2) is 24.3 Å². The summed E-state index contributed by atoms with van der Waals surface area (Å²) >= 11 is 0. The van der Waals surface area contributed by atoms with Crippen LogP contribution in [0.1, 0.15) is 23.2 Å². The zero-order valence-corrected chi connectivity index (χ0v) is 8.07. The molecule has 2 amide bonds. The molecule has 2 rings (SSSR count). The molecule has 1 heterocycles. The summed E-state index contributed by atoms with van der Waals surface area (Å²) in [4.78, 5) is 24.2. The standard InChI is InChI=1S/C11H10FNO2/c12-9-4-1-3-8(7-9)11(15)13-6-2-5-10(13)14/h1,3-4,7H,2,5-6H2. The number of rotatable bonds is 1. The Morgan fingerprint density at radius 3 is 2.80 bits per heavy atom. The summed E-state index contributed by atoms with van der Waals surface area (Å²) in [7, 11) is 0. The molecule has 4 heteroatoms. The summed E-state index contributed by atoms with van der Waals surface area (Å²) in [5.41, 5.74) is 0.227. The third-order valence-corrected chi connectivity index (χ3v) is 2.39. The monoisotopic (exact) mass is 207 g/mol. The number of hydrogen-bond acceptors (Lipinski definition) is 2. The van der Waals surface area contributed by atoms with E-state index in [1.807, 2.05) is 0 Å². The van der Waals surface area contributed by atoms with Gasteiger partial charge in [-0.1, -0.05) is 6.07 Å². The van der Waals surface area contributed by atoms with E-state index in [-0.39, 0.29) is 11.5 Å². The summed E-state index contributed by atoms with van der Waals surface area (Å²) in [6.07, 6.45) is 1.10. The summed E-state index contributed by atoms with van der Waals surface area (Å²) in [5.74, 6) is -1.05. The minimum atomic E-state index is -0.465. The molecule has 0 aromatic heterocycles.